The fourth-order valence-electron chi connectivity index (χ4n) is 2.08. The van der Waals surface area contributed by atoms with Gasteiger partial charge in [-0.3, -0.25) is 4.79 Å². The summed E-state index contributed by atoms with van der Waals surface area (Å²) in [5.41, 5.74) is 0.673. The summed E-state index contributed by atoms with van der Waals surface area (Å²) in [5.74, 6) is 0. The molecule has 1 fully saturated rings. The quantitative estimate of drug-likeness (QED) is 0.868. The first kappa shape index (κ1) is 15.5. The first-order valence-corrected chi connectivity index (χ1v) is 7.62. The smallest absolute Gasteiger partial charge is 0.283 e. The molecule has 0 amide bonds. The third-order valence-corrected chi connectivity index (χ3v) is 4.09. The third-order valence-electron chi connectivity index (χ3n) is 3.32. The van der Waals surface area contributed by atoms with E-state index >= 15 is 0 Å². The molecule has 1 aliphatic rings. The van der Waals surface area contributed by atoms with Gasteiger partial charge in [0, 0.05) is 25.8 Å². The van der Waals surface area contributed by atoms with Crippen LogP contribution in [0.15, 0.2) is 15.5 Å². The number of halogens is 1. The second kappa shape index (κ2) is 7.19. The Hall–Kier alpha value is -0.920. The van der Waals surface area contributed by atoms with Crippen molar-refractivity contribution < 1.29 is 4.74 Å². The topological polar surface area (TPSA) is 59.4 Å². The zero-order valence-corrected chi connectivity index (χ0v) is 13.5. The highest BCUT2D eigenvalue weighted by Crippen LogP contribution is 2.20. The van der Waals surface area contributed by atoms with E-state index in [0.29, 0.717) is 17.1 Å². The maximum atomic E-state index is 12.2. The summed E-state index contributed by atoms with van der Waals surface area (Å²) in [6.45, 7) is 2.90. The van der Waals surface area contributed by atoms with Gasteiger partial charge in [0.05, 0.1) is 18.4 Å². The number of rotatable bonds is 5. The average molecular weight is 345 g/mol. The molecule has 0 radical (unpaired) electrons. The van der Waals surface area contributed by atoms with Crippen molar-refractivity contribution in [1.29, 1.82) is 0 Å². The van der Waals surface area contributed by atoms with Crippen molar-refractivity contribution in [2.75, 3.05) is 39.2 Å². The molecule has 1 aromatic heterocycles. The van der Waals surface area contributed by atoms with Crippen molar-refractivity contribution in [2.24, 2.45) is 0 Å². The van der Waals surface area contributed by atoms with Gasteiger partial charge in [-0.15, -0.1) is 0 Å². The summed E-state index contributed by atoms with van der Waals surface area (Å²) >= 11 is 3.38. The van der Waals surface area contributed by atoms with Gasteiger partial charge >= 0.3 is 0 Å². The van der Waals surface area contributed by atoms with E-state index in [1.807, 2.05) is 19.0 Å². The molecule has 1 N–H and O–H groups in total. The monoisotopic (exact) mass is 344 g/mol. The maximum Gasteiger partial charge on any atom is 0.283 e. The predicted molar refractivity (Wildman–Crippen MR) is 82.2 cm³/mol. The molecule has 0 saturated carbocycles. The number of ether oxygens (including phenoxy) is 1. The first-order valence-electron chi connectivity index (χ1n) is 6.82. The van der Waals surface area contributed by atoms with Gasteiger partial charge < -0.3 is 15.0 Å². The zero-order chi connectivity index (χ0) is 14.5. The van der Waals surface area contributed by atoms with Crippen LogP contribution in [-0.4, -0.2) is 54.6 Å². The molecule has 7 heteroatoms. The van der Waals surface area contributed by atoms with Crippen LogP contribution in [0.25, 0.3) is 0 Å². The summed E-state index contributed by atoms with van der Waals surface area (Å²) in [6, 6.07) is 0.346. The van der Waals surface area contributed by atoms with Gasteiger partial charge in [0.15, 0.2) is 0 Å². The van der Waals surface area contributed by atoms with Crippen molar-refractivity contribution in [3.8, 4) is 0 Å². The van der Waals surface area contributed by atoms with Crippen LogP contribution in [0.3, 0.4) is 0 Å². The summed E-state index contributed by atoms with van der Waals surface area (Å²) in [5, 5.41) is 7.60. The normalized spacial score (nSPS) is 16.6. The molecule has 20 heavy (non-hydrogen) atoms. The van der Waals surface area contributed by atoms with Crippen LogP contribution < -0.4 is 10.9 Å². The summed E-state index contributed by atoms with van der Waals surface area (Å²) < 4.78 is 7.37. The molecular formula is C13H21BrN4O2. The summed E-state index contributed by atoms with van der Waals surface area (Å²) in [6.07, 6.45) is 3.63. The average Bonchev–Trinajstić information content (AvgIpc) is 2.44. The van der Waals surface area contributed by atoms with E-state index in [1.54, 1.807) is 6.20 Å². The standard InChI is InChI=1S/C13H21BrN4O2/c1-17(2)5-6-18-13(19)12(14)11(9-15-18)16-10-3-7-20-8-4-10/h9-10,16H,3-8H2,1-2H3. The number of aromatic nitrogens is 2. The second-order valence-electron chi connectivity index (χ2n) is 5.23. The minimum Gasteiger partial charge on any atom is -0.381 e. The first-order chi connectivity index (χ1) is 9.58. The lowest BCUT2D eigenvalue weighted by molar-refractivity contribution is 0.0904. The Morgan fingerprint density at radius 3 is 2.85 bits per heavy atom. The second-order valence-corrected chi connectivity index (χ2v) is 6.03. The van der Waals surface area contributed by atoms with Crippen molar-refractivity contribution in [1.82, 2.24) is 14.7 Å². The Bertz CT molecular complexity index is 498. The molecule has 0 bridgehead atoms. The van der Waals surface area contributed by atoms with E-state index < -0.39 is 0 Å². The van der Waals surface area contributed by atoms with Gasteiger partial charge in [0.1, 0.15) is 4.47 Å². The molecule has 6 nitrogen and oxygen atoms in total. The number of hydrogen-bond donors (Lipinski definition) is 1. The van der Waals surface area contributed by atoms with Crippen LogP contribution in [0.5, 0.6) is 0 Å². The van der Waals surface area contributed by atoms with Crippen LogP contribution in [0, 0.1) is 0 Å². The van der Waals surface area contributed by atoms with Crippen LogP contribution in [-0.2, 0) is 11.3 Å². The van der Waals surface area contributed by atoms with Gasteiger partial charge in [-0.05, 0) is 42.9 Å². The predicted octanol–water partition coefficient (Wildman–Crippen LogP) is 1.16. The molecular weight excluding hydrogens is 324 g/mol. The Labute approximate surface area is 127 Å². The maximum absolute atomic E-state index is 12.2. The summed E-state index contributed by atoms with van der Waals surface area (Å²) in [4.78, 5) is 14.2. The highest BCUT2D eigenvalue weighted by molar-refractivity contribution is 9.10. The van der Waals surface area contributed by atoms with Gasteiger partial charge in [-0.25, -0.2) is 4.68 Å². The largest absolute Gasteiger partial charge is 0.381 e. The Morgan fingerprint density at radius 1 is 1.50 bits per heavy atom. The van der Waals surface area contributed by atoms with Crippen molar-refractivity contribution in [3.05, 3.63) is 21.0 Å². The van der Waals surface area contributed by atoms with E-state index in [9.17, 15) is 4.79 Å². The third kappa shape index (κ3) is 4.04. The van der Waals surface area contributed by atoms with E-state index in [1.165, 1.54) is 4.68 Å². The number of hydrogen-bond acceptors (Lipinski definition) is 5. The van der Waals surface area contributed by atoms with Crippen molar-refractivity contribution >= 4 is 21.6 Å². The highest BCUT2D eigenvalue weighted by atomic mass is 79.9. The molecule has 0 aromatic carbocycles. The van der Waals surface area contributed by atoms with Gasteiger partial charge in [0.25, 0.3) is 5.56 Å². The van der Waals surface area contributed by atoms with Crippen molar-refractivity contribution in [2.45, 2.75) is 25.4 Å². The Kier molecular flexibility index (Phi) is 5.56. The molecule has 2 heterocycles. The van der Waals surface area contributed by atoms with E-state index in [2.05, 4.69) is 26.3 Å². The van der Waals surface area contributed by atoms with Crippen molar-refractivity contribution in [3.63, 3.8) is 0 Å². The molecule has 1 aromatic rings. The van der Waals surface area contributed by atoms with E-state index in [4.69, 9.17) is 4.74 Å². The lowest BCUT2D eigenvalue weighted by Gasteiger charge is -2.24. The number of likely N-dealkylation sites (N-methyl/N-ethyl adjacent to an activating group) is 1. The summed E-state index contributed by atoms with van der Waals surface area (Å²) in [7, 11) is 3.95. The molecule has 0 atom stereocenters. The SMILES string of the molecule is CN(C)CCn1ncc(NC2CCOCC2)c(Br)c1=O. The number of anilines is 1. The van der Waals surface area contributed by atoms with Crippen LogP contribution >= 0.6 is 15.9 Å². The minimum atomic E-state index is -0.0936. The number of nitrogens with one attached hydrogen (secondary N) is 1. The van der Waals surface area contributed by atoms with Crippen LogP contribution in [0.4, 0.5) is 5.69 Å². The van der Waals surface area contributed by atoms with Gasteiger partial charge in [0.2, 0.25) is 0 Å². The lowest BCUT2D eigenvalue weighted by Crippen LogP contribution is -2.32. The molecule has 0 unspecified atom stereocenters. The molecule has 1 aliphatic heterocycles. The van der Waals surface area contributed by atoms with E-state index in [-0.39, 0.29) is 5.56 Å². The Morgan fingerprint density at radius 2 is 2.20 bits per heavy atom. The van der Waals surface area contributed by atoms with E-state index in [0.717, 1.165) is 38.3 Å². The molecule has 112 valence electrons. The fraction of sp³-hybridized carbons (Fsp3) is 0.692. The highest BCUT2D eigenvalue weighted by Gasteiger charge is 2.16. The molecule has 0 spiro atoms. The fourth-order valence-corrected chi connectivity index (χ4v) is 2.50. The molecule has 0 aliphatic carbocycles. The molecule has 2 rings (SSSR count). The van der Waals surface area contributed by atoms with Crippen LogP contribution in [0.1, 0.15) is 12.8 Å². The van der Waals surface area contributed by atoms with Crippen LogP contribution in [0.2, 0.25) is 0 Å². The zero-order valence-electron chi connectivity index (χ0n) is 11.9. The van der Waals surface area contributed by atoms with Gasteiger partial charge in [-0.1, -0.05) is 0 Å². The van der Waals surface area contributed by atoms with Gasteiger partial charge in [-0.2, -0.15) is 5.10 Å². The number of nitrogens with zero attached hydrogens (tertiary/aromatic N) is 3. The molecule has 1 saturated heterocycles. The lowest BCUT2D eigenvalue weighted by atomic mass is 10.1. The Balaban J connectivity index is 2.07. The minimum absolute atomic E-state index is 0.0936.